The third-order valence-electron chi connectivity index (χ3n) is 4.59. The number of anilines is 1. The molecule has 4 nitrogen and oxygen atoms in total. The molecule has 0 aliphatic carbocycles. The van der Waals surface area contributed by atoms with Crippen LogP contribution < -0.4 is 10.2 Å². The molecule has 1 amide bonds. The molecule has 0 saturated carbocycles. The zero-order valence-electron chi connectivity index (χ0n) is 15.4. The molecule has 1 N–H and O–H groups in total. The molecule has 0 bridgehead atoms. The van der Waals surface area contributed by atoms with E-state index in [-0.39, 0.29) is 5.91 Å². The first-order chi connectivity index (χ1) is 13.2. The Morgan fingerprint density at radius 3 is 2.56 bits per heavy atom. The van der Waals surface area contributed by atoms with E-state index in [2.05, 4.69) is 45.4 Å². The van der Waals surface area contributed by atoms with Gasteiger partial charge in [-0.1, -0.05) is 48.0 Å². The van der Waals surface area contributed by atoms with Crippen molar-refractivity contribution >= 4 is 35.0 Å². The quantitative estimate of drug-likeness (QED) is 0.684. The molecule has 6 heteroatoms. The lowest BCUT2D eigenvalue weighted by Gasteiger charge is -2.35. The summed E-state index contributed by atoms with van der Waals surface area (Å²) >= 11 is 7.92. The van der Waals surface area contributed by atoms with Crippen molar-refractivity contribution in [3.05, 3.63) is 65.2 Å². The maximum Gasteiger partial charge on any atom is 0.234 e. The number of nitrogens with one attached hydrogen (secondary N) is 1. The Morgan fingerprint density at radius 2 is 1.81 bits per heavy atom. The molecule has 0 unspecified atom stereocenters. The Bertz CT molecular complexity index is 720. The van der Waals surface area contributed by atoms with E-state index >= 15 is 0 Å². The number of halogens is 1. The minimum atomic E-state index is 0.117. The zero-order valence-corrected chi connectivity index (χ0v) is 17.0. The van der Waals surface area contributed by atoms with Gasteiger partial charge in [-0.15, -0.1) is 0 Å². The third-order valence-corrected chi connectivity index (χ3v) is 5.86. The lowest BCUT2D eigenvalue weighted by Crippen LogP contribution is -2.49. The molecule has 0 atom stereocenters. The van der Waals surface area contributed by atoms with Gasteiger partial charge in [0.05, 0.1) is 6.54 Å². The minimum absolute atomic E-state index is 0.117. The third kappa shape index (κ3) is 6.76. The summed E-state index contributed by atoms with van der Waals surface area (Å²) in [7, 11) is 0. The van der Waals surface area contributed by atoms with E-state index in [1.54, 1.807) is 0 Å². The zero-order chi connectivity index (χ0) is 18.9. The number of hydrogen-bond donors (Lipinski definition) is 1. The van der Waals surface area contributed by atoms with E-state index in [0.29, 0.717) is 6.54 Å². The van der Waals surface area contributed by atoms with E-state index in [1.807, 2.05) is 36.0 Å². The molecule has 1 heterocycles. The molecule has 2 aromatic rings. The predicted molar refractivity (Wildman–Crippen MR) is 116 cm³/mol. The van der Waals surface area contributed by atoms with Crippen molar-refractivity contribution in [3.8, 4) is 0 Å². The number of thioether (sulfide) groups is 1. The highest BCUT2D eigenvalue weighted by Crippen LogP contribution is 2.20. The van der Waals surface area contributed by atoms with Gasteiger partial charge in [-0.25, -0.2) is 0 Å². The first-order valence-corrected chi connectivity index (χ1v) is 10.9. The molecule has 144 valence electrons. The van der Waals surface area contributed by atoms with Gasteiger partial charge in [-0.2, -0.15) is 11.8 Å². The summed E-state index contributed by atoms with van der Waals surface area (Å²) in [4.78, 5) is 16.7. The van der Waals surface area contributed by atoms with Gasteiger partial charge < -0.3 is 10.2 Å². The first kappa shape index (κ1) is 20.1. The summed E-state index contributed by atoms with van der Waals surface area (Å²) in [6.07, 6.45) is 0. The van der Waals surface area contributed by atoms with Gasteiger partial charge in [0, 0.05) is 54.9 Å². The number of nitrogens with zero attached hydrogens (tertiary/aromatic N) is 2. The Kier molecular flexibility index (Phi) is 7.87. The summed E-state index contributed by atoms with van der Waals surface area (Å²) in [6.45, 7) is 4.82. The first-order valence-electron chi connectivity index (χ1n) is 9.32. The van der Waals surface area contributed by atoms with Crippen LogP contribution in [0.5, 0.6) is 0 Å². The summed E-state index contributed by atoms with van der Waals surface area (Å²) in [5, 5.41) is 3.80. The number of rotatable bonds is 8. The molecule has 1 aliphatic rings. The van der Waals surface area contributed by atoms with Crippen LogP contribution in [0.15, 0.2) is 54.6 Å². The summed E-state index contributed by atoms with van der Waals surface area (Å²) in [5.41, 5.74) is 2.48. The Balaban J connectivity index is 1.29. The second-order valence-electron chi connectivity index (χ2n) is 6.63. The lowest BCUT2D eigenvalue weighted by molar-refractivity contribution is -0.122. The fourth-order valence-electron chi connectivity index (χ4n) is 3.12. The summed E-state index contributed by atoms with van der Waals surface area (Å²) < 4.78 is 0. The van der Waals surface area contributed by atoms with Gasteiger partial charge in [-0.05, 0) is 23.8 Å². The molecule has 2 aromatic carbocycles. The highest BCUT2D eigenvalue weighted by Gasteiger charge is 2.19. The Hall–Kier alpha value is -1.69. The molecule has 0 spiro atoms. The summed E-state index contributed by atoms with van der Waals surface area (Å²) in [6, 6.07) is 18.4. The molecule has 0 radical (unpaired) electrons. The normalized spacial score (nSPS) is 14.9. The van der Waals surface area contributed by atoms with Crippen LogP contribution >= 0.6 is 23.4 Å². The van der Waals surface area contributed by atoms with Crippen LogP contribution in [0.25, 0.3) is 0 Å². The number of piperazine rings is 1. The van der Waals surface area contributed by atoms with E-state index in [1.165, 1.54) is 5.56 Å². The molecule has 1 saturated heterocycles. The number of amides is 1. The van der Waals surface area contributed by atoms with Gasteiger partial charge in [0.2, 0.25) is 5.91 Å². The van der Waals surface area contributed by atoms with Crippen molar-refractivity contribution in [2.45, 2.75) is 5.75 Å². The van der Waals surface area contributed by atoms with Gasteiger partial charge in [0.25, 0.3) is 0 Å². The maximum absolute atomic E-state index is 12.1. The van der Waals surface area contributed by atoms with Crippen molar-refractivity contribution in [2.24, 2.45) is 0 Å². The van der Waals surface area contributed by atoms with Crippen LogP contribution in [0.4, 0.5) is 5.69 Å². The number of carbonyl (C=O) groups excluding carboxylic acids is 1. The number of carbonyl (C=O) groups is 1. The number of benzene rings is 2. The summed E-state index contributed by atoms with van der Waals surface area (Å²) in [5.74, 6) is 2.04. The molecular weight excluding hydrogens is 378 g/mol. The smallest absolute Gasteiger partial charge is 0.234 e. The van der Waals surface area contributed by atoms with Crippen LogP contribution in [-0.2, 0) is 10.5 Å². The van der Waals surface area contributed by atoms with Crippen molar-refractivity contribution in [1.82, 2.24) is 10.2 Å². The standard InChI is InChI=1S/C21H26ClN3OS/c22-19-7-4-8-20(15-19)25-12-10-24(11-13-25)16-21(26)23-9-14-27-17-18-5-2-1-3-6-18/h1-8,15H,9-14,16-17H2,(H,23,26). The minimum Gasteiger partial charge on any atom is -0.369 e. The van der Waals surface area contributed by atoms with Crippen molar-refractivity contribution in [3.63, 3.8) is 0 Å². The second kappa shape index (κ2) is 10.6. The van der Waals surface area contributed by atoms with Crippen molar-refractivity contribution < 1.29 is 4.79 Å². The van der Waals surface area contributed by atoms with Crippen LogP contribution in [0, 0.1) is 0 Å². The van der Waals surface area contributed by atoms with Crippen molar-refractivity contribution in [1.29, 1.82) is 0 Å². The molecule has 1 fully saturated rings. The maximum atomic E-state index is 12.1. The number of hydrogen-bond acceptors (Lipinski definition) is 4. The Labute approximate surface area is 170 Å². The van der Waals surface area contributed by atoms with E-state index in [4.69, 9.17) is 11.6 Å². The van der Waals surface area contributed by atoms with Crippen molar-refractivity contribution in [2.75, 3.05) is 49.9 Å². The predicted octanol–water partition coefficient (Wildman–Crippen LogP) is 3.51. The lowest BCUT2D eigenvalue weighted by atomic mass is 10.2. The average Bonchev–Trinajstić information content (AvgIpc) is 2.69. The van der Waals surface area contributed by atoms with Gasteiger partial charge >= 0.3 is 0 Å². The largest absolute Gasteiger partial charge is 0.369 e. The van der Waals surface area contributed by atoms with Crippen LogP contribution in [0.3, 0.4) is 0 Å². The van der Waals surface area contributed by atoms with Crippen LogP contribution in [0.1, 0.15) is 5.56 Å². The second-order valence-corrected chi connectivity index (χ2v) is 8.17. The van der Waals surface area contributed by atoms with Gasteiger partial charge in [-0.3, -0.25) is 9.69 Å². The fraction of sp³-hybridized carbons (Fsp3) is 0.381. The SMILES string of the molecule is O=C(CN1CCN(c2cccc(Cl)c2)CC1)NCCSCc1ccccc1. The van der Waals surface area contributed by atoms with E-state index in [9.17, 15) is 4.79 Å². The molecule has 3 rings (SSSR count). The molecule has 0 aromatic heterocycles. The molecule has 1 aliphatic heterocycles. The van der Waals surface area contributed by atoms with Gasteiger partial charge in [0.1, 0.15) is 0 Å². The topological polar surface area (TPSA) is 35.6 Å². The highest BCUT2D eigenvalue weighted by molar-refractivity contribution is 7.98. The van der Waals surface area contributed by atoms with Crippen LogP contribution in [-0.4, -0.2) is 55.8 Å². The Morgan fingerprint density at radius 1 is 1.04 bits per heavy atom. The van der Waals surface area contributed by atoms with E-state index < -0.39 is 0 Å². The monoisotopic (exact) mass is 403 g/mol. The average molecular weight is 404 g/mol. The van der Waals surface area contributed by atoms with E-state index in [0.717, 1.165) is 54.9 Å². The van der Waals surface area contributed by atoms with Crippen LogP contribution in [0.2, 0.25) is 5.02 Å². The van der Waals surface area contributed by atoms with Gasteiger partial charge in [0.15, 0.2) is 0 Å². The molecular formula is C21H26ClN3OS. The fourth-order valence-corrected chi connectivity index (χ4v) is 4.13. The highest BCUT2D eigenvalue weighted by atomic mass is 35.5. The molecule has 27 heavy (non-hydrogen) atoms.